The fraction of sp³-hybridized carbons (Fsp3) is 0.500. The number of sulfone groups is 1. The summed E-state index contributed by atoms with van der Waals surface area (Å²) >= 11 is 6.51. The Morgan fingerprint density at radius 1 is 1.33 bits per heavy atom. The third kappa shape index (κ3) is 3.69. The van der Waals surface area contributed by atoms with Crippen molar-refractivity contribution in [2.75, 3.05) is 18.1 Å². The van der Waals surface area contributed by atoms with Gasteiger partial charge in [-0.3, -0.25) is 0 Å². The molecule has 1 aromatic rings. The predicted octanol–water partition coefficient (Wildman–Crippen LogP) is 2.41. The maximum atomic E-state index is 12.8. The molecule has 0 radical (unpaired) electrons. The van der Waals surface area contributed by atoms with Crippen LogP contribution in [-0.4, -0.2) is 45.2 Å². The summed E-state index contributed by atoms with van der Waals surface area (Å²) in [6, 6.07) is 4.41. The van der Waals surface area contributed by atoms with E-state index in [2.05, 4.69) is 31.9 Å². The van der Waals surface area contributed by atoms with Crippen molar-refractivity contribution in [3.8, 4) is 0 Å². The van der Waals surface area contributed by atoms with Gasteiger partial charge in [-0.25, -0.2) is 16.8 Å². The molecule has 1 aliphatic heterocycles. The van der Waals surface area contributed by atoms with Gasteiger partial charge in [0.05, 0.1) is 16.4 Å². The van der Waals surface area contributed by atoms with Crippen LogP contribution in [0.4, 0.5) is 0 Å². The Kier molecular flexibility index (Phi) is 5.19. The second-order valence-electron chi connectivity index (χ2n) is 4.84. The van der Waals surface area contributed by atoms with E-state index >= 15 is 0 Å². The predicted molar refractivity (Wildman–Crippen MR) is 88.5 cm³/mol. The Labute approximate surface area is 141 Å². The number of sulfonamides is 1. The average molecular weight is 461 g/mol. The monoisotopic (exact) mass is 459 g/mol. The summed E-state index contributed by atoms with van der Waals surface area (Å²) in [7, 11) is -6.88. The molecule has 0 bridgehead atoms. The lowest BCUT2D eigenvalue weighted by atomic mass is 10.3. The molecule has 0 saturated carbocycles. The summed E-state index contributed by atoms with van der Waals surface area (Å²) in [5.74, 6) is -0.0605. The number of hydrogen-bond acceptors (Lipinski definition) is 4. The zero-order chi connectivity index (χ0) is 15.8. The van der Waals surface area contributed by atoms with Crippen LogP contribution in [0, 0.1) is 0 Å². The molecule has 0 N–H and O–H groups in total. The van der Waals surface area contributed by atoms with E-state index in [0.717, 1.165) is 0 Å². The lowest BCUT2D eigenvalue weighted by Crippen LogP contribution is -2.41. The molecule has 9 heteroatoms. The van der Waals surface area contributed by atoms with Crippen LogP contribution in [0.1, 0.15) is 13.3 Å². The Bertz CT molecular complexity index is 747. The van der Waals surface area contributed by atoms with Gasteiger partial charge in [0.15, 0.2) is 9.84 Å². The van der Waals surface area contributed by atoms with E-state index in [1.807, 2.05) is 0 Å². The van der Waals surface area contributed by atoms with Gasteiger partial charge in [-0.05, 0) is 40.5 Å². The third-order valence-corrected chi connectivity index (χ3v) is 8.67. The first kappa shape index (κ1) is 17.4. The largest absolute Gasteiger partial charge is 0.244 e. The molecule has 1 saturated heterocycles. The van der Waals surface area contributed by atoms with Crippen molar-refractivity contribution in [2.45, 2.75) is 24.3 Å². The van der Waals surface area contributed by atoms with E-state index in [0.29, 0.717) is 15.4 Å². The van der Waals surface area contributed by atoms with Gasteiger partial charge in [0.25, 0.3) is 0 Å². The van der Waals surface area contributed by atoms with Crippen LogP contribution < -0.4 is 0 Å². The van der Waals surface area contributed by atoms with Crippen molar-refractivity contribution in [1.29, 1.82) is 0 Å². The second kappa shape index (κ2) is 6.27. The van der Waals surface area contributed by atoms with Crippen LogP contribution in [0.2, 0.25) is 0 Å². The minimum Gasteiger partial charge on any atom is -0.229 e. The third-order valence-electron chi connectivity index (χ3n) is 3.41. The van der Waals surface area contributed by atoms with Crippen molar-refractivity contribution in [2.24, 2.45) is 0 Å². The molecule has 1 aliphatic rings. The maximum absolute atomic E-state index is 12.8. The summed E-state index contributed by atoms with van der Waals surface area (Å²) in [5, 5.41) is 0. The molecular formula is C12H15Br2NO4S2. The maximum Gasteiger partial charge on any atom is 0.244 e. The molecule has 1 unspecified atom stereocenters. The Morgan fingerprint density at radius 3 is 2.52 bits per heavy atom. The second-order valence-corrected chi connectivity index (χ2v) is 10.7. The first-order chi connectivity index (χ1) is 9.67. The van der Waals surface area contributed by atoms with Crippen LogP contribution in [0.5, 0.6) is 0 Å². The van der Waals surface area contributed by atoms with Gasteiger partial charge in [-0.2, -0.15) is 4.31 Å². The molecule has 0 aliphatic carbocycles. The van der Waals surface area contributed by atoms with Gasteiger partial charge in [0.1, 0.15) is 0 Å². The topological polar surface area (TPSA) is 71.5 Å². The van der Waals surface area contributed by atoms with E-state index in [4.69, 9.17) is 0 Å². The summed E-state index contributed by atoms with van der Waals surface area (Å²) < 4.78 is 51.2. The normalized spacial score (nSPS) is 21.8. The zero-order valence-electron chi connectivity index (χ0n) is 11.3. The van der Waals surface area contributed by atoms with E-state index < -0.39 is 25.9 Å². The molecule has 21 heavy (non-hydrogen) atoms. The molecular weight excluding hydrogens is 446 g/mol. The molecule has 1 atom stereocenters. The first-order valence-electron chi connectivity index (χ1n) is 6.34. The summed E-state index contributed by atoms with van der Waals surface area (Å²) in [5.41, 5.74) is 0. The zero-order valence-corrected chi connectivity index (χ0v) is 16.1. The Hall–Kier alpha value is 0.0400. The molecule has 0 aromatic heterocycles. The highest BCUT2D eigenvalue weighted by Crippen LogP contribution is 2.31. The molecule has 5 nitrogen and oxygen atoms in total. The fourth-order valence-corrected chi connectivity index (χ4v) is 7.38. The highest BCUT2D eigenvalue weighted by atomic mass is 79.9. The SMILES string of the molecule is CCN(C1CCS(=O)(=O)C1)S(=O)(=O)c1cc(Br)ccc1Br. The minimum absolute atomic E-state index is 0.0450. The van der Waals surface area contributed by atoms with Gasteiger partial charge >= 0.3 is 0 Å². The standard InChI is InChI=1S/C12H15Br2NO4S2/c1-2-15(10-5-6-20(16,17)8-10)21(18,19)12-7-9(13)3-4-11(12)14/h3-4,7,10H,2,5-6,8H2,1H3. The van der Waals surface area contributed by atoms with Gasteiger partial charge in [0, 0.05) is 21.5 Å². The average Bonchev–Trinajstić information content (AvgIpc) is 2.73. The van der Waals surface area contributed by atoms with Crippen LogP contribution in [0.3, 0.4) is 0 Å². The number of nitrogens with zero attached hydrogens (tertiary/aromatic N) is 1. The summed E-state index contributed by atoms with van der Waals surface area (Å²) in [6.07, 6.45) is 0.348. The van der Waals surface area contributed by atoms with Crippen LogP contribution in [0.15, 0.2) is 32.0 Å². The highest BCUT2D eigenvalue weighted by molar-refractivity contribution is 9.11. The Balaban J connectivity index is 2.43. The van der Waals surface area contributed by atoms with Crippen LogP contribution in [0.25, 0.3) is 0 Å². The minimum atomic E-state index is -3.75. The number of halogens is 2. The van der Waals surface area contributed by atoms with E-state index in [9.17, 15) is 16.8 Å². The summed E-state index contributed by atoms with van der Waals surface area (Å²) in [6.45, 7) is 1.95. The highest BCUT2D eigenvalue weighted by Gasteiger charge is 2.38. The molecule has 1 fully saturated rings. The van der Waals surface area contributed by atoms with Gasteiger partial charge in [-0.15, -0.1) is 0 Å². The number of benzene rings is 1. The fourth-order valence-electron chi connectivity index (χ4n) is 2.43. The van der Waals surface area contributed by atoms with Gasteiger partial charge < -0.3 is 0 Å². The van der Waals surface area contributed by atoms with Crippen molar-refractivity contribution < 1.29 is 16.8 Å². The number of hydrogen-bond donors (Lipinski definition) is 0. The molecule has 0 amide bonds. The van der Waals surface area contributed by atoms with E-state index in [-0.39, 0.29) is 22.9 Å². The molecule has 1 heterocycles. The summed E-state index contributed by atoms with van der Waals surface area (Å²) in [4.78, 5) is 0.142. The smallest absolute Gasteiger partial charge is 0.229 e. The van der Waals surface area contributed by atoms with Crippen LogP contribution in [-0.2, 0) is 19.9 Å². The van der Waals surface area contributed by atoms with Gasteiger partial charge in [-0.1, -0.05) is 22.9 Å². The number of rotatable bonds is 4. The first-order valence-corrected chi connectivity index (χ1v) is 11.2. The van der Waals surface area contributed by atoms with Crippen molar-refractivity contribution in [3.63, 3.8) is 0 Å². The van der Waals surface area contributed by atoms with Crippen molar-refractivity contribution >= 4 is 51.7 Å². The van der Waals surface area contributed by atoms with Crippen molar-refractivity contribution in [1.82, 2.24) is 4.31 Å². The van der Waals surface area contributed by atoms with E-state index in [1.165, 1.54) is 10.4 Å². The lowest BCUT2D eigenvalue weighted by Gasteiger charge is -2.26. The molecule has 0 spiro atoms. The van der Waals surface area contributed by atoms with E-state index in [1.54, 1.807) is 19.1 Å². The lowest BCUT2D eigenvalue weighted by molar-refractivity contribution is 0.354. The quantitative estimate of drug-likeness (QED) is 0.691. The molecule has 2 rings (SSSR count). The van der Waals surface area contributed by atoms with Gasteiger partial charge in [0.2, 0.25) is 10.0 Å². The van der Waals surface area contributed by atoms with Crippen molar-refractivity contribution in [3.05, 3.63) is 27.1 Å². The molecule has 1 aromatic carbocycles. The molecule has 118 valence electrons. The Morgan fingerprint density at radius 2 is 2.00 bits per heavy atom. The van der Waals surface area contributed by atoms with Crippen LogP contribution >= 0.6 is 31.9 Å².